The second kappa shape index (κ2) is 7.40. The summed E-state index contributed by atoms with van der Waals surface area (Å²) < 4.78 is 13.3. The topological polar surface area (TPSA) is 95.3 Å². The van der Waals surface area contributed by atoms with Crippen molar-refractivity contribution in [2.45, 2.75) is 58.0 Å². The molecule has 0 spiro atoms. The summed E-state index contributed by atoms with van der Waals surface area (Å²) in [5, 5.41) is 3.71. The Balaban J connectivity index is 1.43. The van der Waals surface area contributed by atoms with Crippen LogP contribution in [0.15, 0.2) is 17.2 Å². The molecule has 5 heterocycles. The van der Waals surface area contributed by atoms with E-state index in [-0.39, 0.29) is 29.7 Å². The van der Waals surface area contributed by atoms with Crippen LogP contribution in [0.1, 0.15) is 37.9 Å². The van der Waals surface area contributed by atoms with Gasteiger partial charge in [-0.25, -0.2) is 9.97 Å². The zero-order chi connectivity index (χ0) is 20.9. The van der Waals surface area contributed by atoms with Crippen molar-refractivity contribution in [1.82, 2.24) is 19.9 Å². The number of hydrogen-bond donors (Lipinski definition) is 1. The van der Waals surface area contributed by atoms with Crippen LogP contribution in [-0.2, 0) is 33.8 Å². The van der Waals surface area contributed by atoms with Crippen LogP contribution >= 0.6 is 11.3 Å². The average Bonchev–Trinajstić information content (AvgIpc) is 3.34. The van der Waals surface area contributed by atoms with Gasteiger partial charge in [-0.3, -0.25) is 14.2 Å². The Morgan fingerprint density at radius 3 is 3.10 bits per heavy atom. The number of nitrogens with one attached hydrogen (secondary N) is 1. The highest BCUT2D eigenvalue weighted by Gasteiger charge is 2.28. The van der Waals surface area contributed by atoms with E-state index in [0.29, 0.717) is 23.4 Å². The van der Waals surface area contributed by atoms with E-state index in [1.807, 2.05) is 6.07 Å². The molecule has 1 fully saturated rings. The van der Waals surface area contributed by atoms with Crippen LogP contribution < -0.4 is 10.9 Å². The number of carbonyl (C=O) groups excluding carboxylic acids is 1. The van der Waals surface area contributed by atoms with Crippen molar-refractivity contribution in [3.8, 4) is 0 Å². The summed E-state index contributed by atoms with van der Waals surface area (Å²) in [5.74, 6) is -0.220. The summed E-state index contributed by atoms with van der Waals surface area (Å²) in [6, 6.07) is 2.04. The number of nitrogens with zero attached hydrogens (tertiary/aromatic N) is 3. The molecule has 1 amide bonds. The maximum Gasteiger partial charge on any atom is 0.271 e. The van der Waals surface area contributed by atoms with Crippen LogP contribution in [0.4, 0.5) is 0 Å². The Kier molecular flexibility index (Phi) is 4.83. The molecule has 158 valence electrons. The average molecular weight is 429 g/mol. The van der Waals surface area contributed by atoms with Crippen LogP contribution in [0.3, 0.4) is 0 Å². The molecule has 9 heteroatoms. The number of thiophene rings is 1. The summed E-state index contributed by atoms with van der Waals surface area (Å²) in [7, 11) is 0. The number of rotatable bonds is 4. The van der Waals surface area contributed by atoms with Gasteiger partial charge in [0.05, 0.1) is 35.8 Å². The van der Waals surface area contributed by atoms with Crippen LogP contribution in [-0.4, -0.2) is 45.3 Å². The second-order valence-electron chi connectivity index (χ2n) is 8.57. The van der Waals surface area contributed by atoms with Gasteiger partial charge in [-0.05, 0) is 32.8 Å². The van der Waals surface area contributed by atoms with Gasteiger partial charge < -0.3 is 14.8 Å². The number of carbonyl (C=O) groups is 1. The van der Waals surface area contributed by atoms with E-state index >= 15 is 0 Å². The molecular formula is C21H24N4O4S. The minimum Gasteiger partial charge on any atom is -0.376 e. The first-order valence-corrected chi connectivity index (χ1v) is 11.0. The molecule has 1 unspecified atom stereocenters. The molecule has 3 aromatic rings. The summed E-state index contributed by atoms with van der Waals surface area (Å²) in [6.45, 7) is 5.76. The Morgan fingerprint density at radius 2 is 2.30 bits per heavy atom. The lowest BCUT2D eigenvalue weighted by atomic mass is 9.95. The number of ether oxygens (including phenoxy) is 2. The Morgan fingerprint density at radius 1 is 1.43 bits per heavy atom. The number of amides is 1. The lowest BCUT2D eigenvalue weighted by Gasteiger charge is -2.30. The first-order chi connectivity index (χ1) is 14.4. The fraction of sp³-hybridized carbons (Fsp3) is 0.524. The van der Waals surface area contributed by atoms with Crippen LogP contribution in [0.5, 0.6) is 0 Å². The smallest absolute Gasteiger partial charge is 0.271 e. The van der Waals surface area contributed by atoms with E-state index in [4.69, 9.17) is 14.5 Å². The molecule has 0 saturated carbocycles. The van der Waals surface area contributed by atoms with Gasteiger partial charge in [0.1, 0.15) is 16.1 Å². The Hall–Kier alpha value is -2.36. The standard InChI is InChI=1S/C21H24N4O4S/c1-21(2)7-15-12(10-29-21)6-14-17-18(30-19(14)24-15)20(27)25(11-23-17)9-16(26)22-8-13-4-3-5-28-13/h6,11,13H,3-5,7-10H2,1-2H3,(H,22,26). The normalized spacial score (nSPS) is 20.5. The third-order valence-electron chi connectivity index (χ3n) is 5.68. The van der Waals surface area contributed by atoms with E-state index < -0.39 is 0 Å². The van der Waals surface area contributed by atoms with Gasteiger partial charge in [-0.1, -0.05) is 0 Å². The van der Waals surface area contributed by atoms with Gasteiger partial charge in [0.15, 0.2) is 0 Å². The van der Waals surface area contributed by atoms with Crippen molar-refractivity contribution in [2.75, 3.05) is 13.2 Å². The van der Waals surface area contributed by atoms with E-state index in [2.05, 4.69) is 24.1 Å². The zero-order valence-corrected chi connectivity index (χ0v) is 17.9. The molecule has 2 aliphatic heterocycles. The molecule has 0 bridgehead atoms. The first kappa shape index (κ1) is 19.6. The number of hydrogen-bond acceptors (Lipinski definition) is 7. The van der Waals surface area contributed by atoms with E-state index in [1.54, 1.807) is 0 Å². The molecule has 0 radical (unpaired) electrons. The lowest BCUT2D eigenvalue weighted by Crippen LogP contribution is -2.36. The predicted molar refractivity (Wildman–Crippen MR) is 114 cm³/mol. The molecule has 1 saturated heterocycles. The van der Waals surface area contributed by atoms with Crippen molar-refractivity contribution in [3.05, 3.63) is 34.0 Å². The summed E-state index contributed by atoms with van der Waals surface area (Å²) >= 11 is 1.34. The van der Waals surface area contributed by atoms with Crippen LogP contribution in [0.25, 0.3) is 20.4 Å². The quantitative estimate of drug-likeness (QED) is 0.684. The fourth-order valence-corrected chi connectivity index (χ4v) is 5.11. The predicted octanol–water partition coefficient (Wildman–Crippen LogP) is 2.15. The monoisotopic (exact) mass is 428 g/mol. The van der Waals surface area contributed by atoms with Gasteiger partial charge in [-0.15, -0.1) is 11.3 Å². The van der Waals surface area contributed by atoms with Crippen molar-refractivity contribution in [2.24, 2.45) is 0 Å². The summed E-state index contributed by atoms with van der Waals surface area (Å²) in [5.41, 5.74) is 2.23. The van der Waals surface area contributed by atoms with E-state index in [0.717, 1.165) is 47.3 Å². The molecule has 0 aliphatic carbocycles. The maximum atomic E-state index is 13.0. The van der Waals surface area contributed by atoms with Crippen molar-refractivity contribution in [1.29, 1.82) is 0 Å². The van der Waals surface area contributed by atoms with E-state index in [9.17, 15) is 9.59 Å². The van der Waals surface area contributed by atoms with Gasteiger partial charge in [-0.2, -0.15) is 0 Å². The second-order valence-corrected chi connectivity index (χ2v) is 9.57. The lowest BCUT2D eigenvalue weighted by molar-refractivity contribution is -0.122. The molecule has 0 aromatic carbocycles. The molecular weight excluding hydrogens is 404 g/mol. The van der Waals surface area contributed by atoms with Gasteiger partial charge in [0.2, 0.25) is 5.91 Å². The molecule has 3 aromatic heterocycles. The number of aromatic nitrogens is 3. The minimum atomic E-state index is -0.244. The largest absolute Gasteiger partial charge is 0.376 e. The highest BCUT2D eigenvalue weighted by atomic mass is 32.1. The van der Waals surface area contributed by atoms with Crippen LogP contribution in [0, 0.1) is 0 Å². The van der Waals surface area contributed by atoms with Crippen molar-refractivity contribution >= 4 is 37.7 Å². The van der Waals surface area contributed by atoms with Crippen molar-refractivity contribution < 1.29 is 14.3 Å². The minimum absolute atomic E-state index is 0.0608. The molecule has 1 N–H and O–H groups in total. The van der Waals surface area contributed by atoms with Gasteiger partial charge >= 0.3 is 0 Å². The zero-order valence-electron chi connectivity index (χ0n) is 17.1. The Bertz CT molecular complexity index is 1190. The van der Waals surface area contributed by atoms with Crippen molar-refractivity contribution in [3.63, 3.8) is 0 Å². The van der Waals surface area contributed by atoms with Crippen LogP contribution in [0.2, 0.25) is 0 Å². The van der Waals surface area contributed by atoms with Gasteiger partial charge in [0.25, 0.3) is 5.56 Å². The Labute approximate surface area is 177 Å². The highest BCUT2D eigenvalue weighted by molar-refractivity contribution is 7.25. The maximum absolute atomic E-state index is 13.0. The summed E-state index contributed by atoms with van der Waals surface area (Å²) in [4.78, 5) is 35.4. The third-order valence-corrected chi connectivity index (χ3v) is 6.76. The highest BCUT2D eigenvalue weighted by Crippen LogP contribution is 2.34. The molecule has 5 rings (SSSR count). The summed E-state index contributed by atoms with van der Waals surface area (Å²) in [6.07, 6.45) is 4.22. The third kappa shape index (κ3) is 3.61. The first-order valence-electron chi connectivity index (χ1n) is 10.2. The number of fused-ring (bicyclic) bond motifs is 4. The fourth-order valence-electron chi connectivity index (χ4n) is 4.03. The molecule has 30 heavy (non-hydrogen) atoms. The molecule has 1 atom stereocenters. The molecule has 8 nitrogen and oxygen atoms in total. The van der Waals surface area contributed by atoms with Gasteiger partial charge in [0, 0.05) is 30.5 Å². The molecule has 2 aliphatic rings. The van der Waals surface area contributed by atoms with E-state index in [1.165, 1.54) is 22.2 Å². The SMILES string of the molecule is CC1(C)Cc2nc3sc4c(=O)n(CC(=O)NCC5CCCO5)cnc4c3cc2CO1. The number of pyridine rings is 1.